The van der Waals surface area contributed by atoms with Crippen LogP contribution in [0.15, 0.2) is 6.07 Å². The second-order valence-corrected chi connectivity index (χ2v) is 3.78. The average Bonchev–Trinajstić information content (AvgIpc) is 2.68. The highest BCUT2D eigenvalue weighted by Gasteiger charge is 2.21. The van der Waals surface area contributed by atoms with Crippen LogP contribution < -0.4 is 10.6 Å². The Labute approximate surface area is 95.2 Å². The van der Waals surface area contributed by atoms with Gasteiger partial charge in [0.1, 0.15) is 0 Å². The summed E-state index contributed by atoms with van der Waals surface area (Å²) >= 11 is 0. The third-order valence-electron chi connectivity index (χ3n) is 2.49. The normalized spacial score (nSPS) is 19.2. The van der Waals surface area contributed by atoms with Gasteiger partial charge >= 0.3 is 0 Å². The van der Waals surface area contributed by atoms with E-state index < -0.39 is 17.6 Å². The largest absolute Gasteiger partial charge is 0.365 e. The summed E-state index contributed by atoms with van der Waals surface area (Å²) in [7, 11) is 0. The zero-order chi connectivity index (χ0) is 12.4. The Morgan fingerprint density at radius 2 is 2.18 bits per heavy atom. The van der Waals surface area contributed by atoms with Crippen LogP contribution in [-0.2, 0) is 4.79 Å². The quantitative estimate of drug-likeness (QED) is 0.786. The Kier molecular flexibility index (Phi) is 3.16. The van der Waals surface area contributed by atoms with E-state index in [0.717, 1.165) is 0 Å². The molecule has 1 atom stereocenters. The molecule has 1 aromatic heterocycles. The van der Waals surface area contributed by atoms with Crippen LogP contribution in [0.3, 0.4) is 0 Å². The predicted octanol–water partition coefficient (Wildman–Crippen LogP) is 1.19. The van der Waals surface area contributed by atoms with Crippen molar-refractivity contribution in [2.24, 2.45) is 0 Å². The molecule has 0 saturated carbocycles. The summed E-state index contributed by atoms with van der Waals surface area (Å²) in [4.78, 5) is 14.0. The number of aromatic nitrogens is 1. The molecule has 17 heavy (non-hydrogen) atoms. The van der Waals surface area contributed by atoms with Crippen molar-refractivity contribution < 1.29 is 18.0 Å². The number of carbonyl (C=O) groups is 1. The van der Waals surface area contributed by atoms with Crippen molar-refractivity contribution in [1.82, 2.24) is 10.3 Å². The van der Waals surface area contributed by atoms with E-state index in [1.165, 1.54) is 0 Å². The summed E-state index contributed by atoms with van der Waals surface area (Å²) in [5, 5.41) is 5.19. The summed E-state index contributed by atoms with van der Waals surface area (Å²) in [5.74, 6) is -4.08. The molecule has 1 amide bonds. The van der Waals surface area contributed by atoms with Crippen molar-refractivity contribution in [3.8, 4) is 0 Å². The van der Waals surface area contributed by atoms with E-state index >= 15 is 0 Å². The lowest BCUT2D eigenvalue weighted by molar-refractivity contribution is -0.119. The predicted molar refractivity (Wildman–Crippen MR) is 53.8 cm³/mol. The molecule has 1 saturated heterocycles. The number of hydrogen-bond donors (Lipinski definition) is 2. The molecule has 0 aromatic carbocycles. The maximum absolute atomic E-state index is 13.2. The maximum Gasteiger partial charge on any atom is 0.251 e. The third kappa shape index (κ3) is 2.66. The van der Waals surface area contributed by atoms with E-state index in [9.17, 15) is 18.0 Å². The van der Waals surface area contributed by atoms with Gasteiger partial charge < -0.3 is 10.6 Å². The maximum atomic E-state index is 13.2. The van der Waals surface area contributed by atoms with Crippen molar-refractivity contribution in [3.63, 3.8) is 0 Å². The van der Waals surface area contributed by atoms with Crippen LogP contribution >= 0.6 is 0 Å². The second kappa shape index (κ2) is 4.60. The van der Waals surface area contributed by atoms with Crippen molar-refractivity contribution in [1.29, 1.82) is 0 Å². The first-order chi connectivity index (χ1) is 8.06. The Bertz CT molecular complexity index is 453. The summed E-state index contributed by atoms with van der Waals surface area (Å²) in [6, 6.07) is 0.287. The van der Waals surface area contributed by atoms with E-state index in [2.05, 4.69) is 15.6 Å². The zero-order valence-corrected chi connectivity index (χ0v) is 8.77. The summed E-state index contributed by atoms with van der Waals surface area (Å²) in [6.07, 6.45) is 1.04. The number of amides is 1. The molecular weight excluding hydrogens is 235 g/mol. The van der Waals surface area contributed by atoms with Gasteiger partial charge in [0.2, 0.25) is 5.91 Å². The molecule has 1 aliphatic heterocycles. The fourth-order valence-electron chi connectivity index (χ4n) is 1.62. The lowest BCUT2D eigenvalue weighted by atomic mass is 10.2. The second-order valence-electron chi connectivity index (χ2n) is 3.78. The van der Waals surface area contributed by atoms with Crippen molar-refractivity contribution in [3.05, 3.63) is 23.6 Å². The average molecular weight is 245 g/mol. The van der Waals surface area contributed by atoms with Crippen LogP contribution in [0.5, 0.6) is 0 Å². The first-order valence-corrected chi connectivity index (χ1v) is 5.11. The van der Waals surface area contributed by atoms with Crippen molar-refractivity contribution in [2.75, 3.05) is 11.9 Å². The van der Waals surface area contributed by atoms with Crippen LogP contribution in [0, 0.1) is 17.6 Å². The van der Waals surface area contributed by atoms with Crippen LogP contribution in [0.1, 0.15) is 12.8 Å². The summed E-state index contributed by atoms with van der Waals surface area (Å²) in [6.45, 7) is 0.223. The third-order valence-corrected chi connectivity index (χ3v) is 2.49. The highest BCUT2D eigenvalue weighted by Crippen LogP contribution is 2.15. The molecule has 0 aliphatic carbocycles. The minimum atomic E-state index is -1.36. The van der Waals surface area contributed by atoms with Gasteiger partial charge in [-0.3, -0.25) is 4.79 Å². The number of rotatable bonds is 3. The van der Waals surface area contributed by atoms with Gasteiger partial charge in [-0.25, -0.2) is 8.78 Å². The van der Waals surface area contributed by atoms with E-state index in [-0.39, 0.29) is 24.3 Å². The number of halogens is 3. The Hall–Kier alpha value is -1.79. The molecule has 1 fully saturated rings. The first-order valence-electron chi connectivity index (χ1n) is 5.11. The zero-order valence-electron chi connectivity index (χ0n) is 8.77. The van der Waals surface area contributed by atoms with Crippen molar-refractivity contribution in [2.45, 2.75) is 18.9 Å². The molecule has 4 nitrogen and oxygen atoms in total. The molecule has 0 bridgehead atoms. The van der Waals surface area contributed by atoms with Gasteiger partial charge in [-0.2, -0.15) is 9.37 Å². The van der Waals surface area contributed by atoms with Gasteiger partial charge in [0.15, 0.2) is 17.5 Å². The van der Waals surface area contributed by atoms with Crippen LogP contribution in [0.4, 0.5) is 19.0 Å². The van der Waals surface area contributed by atoms with Gasteiger partial charge in [-0.05, 0) is 6.42 Å². The molecule has 0 radical (unpaired) electrons. The summed E-state index contributed by atoms with van der Waals surface area (Å²) in [5.41, 5.74) is 0. The minimum Gasteiger partial charge on any atom is -0.365 e. The Balaban J connectivity index is 1.99. The number of carbonyl (C=O) groups excluding carboxylic acids is 1. The van der Waals surface area contributed by atoms with Crippen LogP contribution in [0.2, 0.25) is 0 Å². The Morgan fingerprint density at radius 3 is 2.82 bits per heavy atom. The van der Waals surface area contributed by atoms with Gasteiger partial charge in [0.25, 0.3) is 5.95 Å². The highest BCUT2D eigenvalue weighted by molar-refractivity contribution is 5.78. The van der Waals surface area contributed by atoms with E-state index in [4.69, 9.17) is 0 Å². The SMILES string of the molecule is O=C1CCC(CNc2nc(F)c(F)cc2F)N1. The Morgan fingerprint density at radius 1 is 1.41 bits per heavy atom. The van der Waals surface area contributed by atoms with Gasteiger partial charge in [-0.15, -0.1) is 0 Å². The summed E-state index contributed by atoms with van der Waals surface area (Å²) < 4.78 is 38.5. The van der Waals surface area contributed by atoms with E-state index in [0.29, 0.717) is 18.9 Å². The van der Waals surface area contributed by atoms with Crippen LogP contribution in [-0.4, -0.2) is 23.5 Å². The molecular formula is C10H10F3N3O. The number of nitrogens with zero attached hydrogens (tertiary/aromatic N) is 1. The van der Waals surface area contributed by atoms with E-state index in [1.807, 2.05) is 0 Å². The smallest absolute Gasteiger partial charge is 0.251 e. The molecule has 7 heteroatoms. The fraction of sp³-hybridized carbons (Fsp3) is 0.400. The topological polar surface area (TPSA) is 54.0 Å². The molecule has 92 valence electrons. The van der Waals surface area contributed by atoms with Gasteiger partial charge in [0, 0.05) is 25.1 Å². The number of pyridine rings is 1. The fourth-order valence-corrected chi connectivity index (χ4v) is 1.62. The molecule has 2 heterocycles. The number of hydrogen-bond acceptors (Lipinski definition) is 3. The molecule has 2 rings (SSSR count). The van der Waals surface area contributed by atoms with Crippen molar-refractivity contribution >= 4 is 11.7 Å². The number of anilines is 1. The molecule has 0 spiro atoms. The van der Waals surface area contributed by atoms with Gasteiger partial charge in [0.05, 0.1) is 0 Å². The van der Waals surface area contributed by atoms with E-state index in [1.54, 1.807) is 0 Å². The molecule has 1 unspecified atom stereocenters. The van der Waals surface area contributed by atoms with Crippen LogP contribution in [0.25, 0.3) is 0 Å². The molecule has 1 aliphatic rings. The first kappa shape index (κ1) is 11.7. The molecule has 1 aromatic rings. The minimum absolute atomic E-state index is 0.0736. The lowest BCUT2D eigenvalue weighted by Crippen LogP contribution is -2.32. The monoisotopic (exact) mass is 245 g/mol. The standard InChI is InChI=1S/C10H10F3N3O/c11-6-3-7(12)10(16-9(6)13)14-4-5-1-2-8(17)15-5/h3,5H,1-2,4H2,(H,14,16)(H,15,17). The highest BCUT2D eigenvalue weighted by atomic mass is 19.2. The number of nitrogens with one attached hydrogen (secondary N) is 2. The molecule has 2 N–H and O–H groups in total. The lowest BCUT2D eigenvalue weighted by Gasteiger charge is -2.12. The van der Waals surface area contributed by atoms with Gasteiger partial charge in [-0.1, -0.05) is 0 Å².